The van der Waals surface area contributed by atoms with Crippen LogP contribution in [0.5, 0.6) is 5.75 Å². The van der Waals surface area contributed by atoms with Gasteiger partial charge in [0.1, 0.15) is 11.6 Å². The first-order valence-corrected chi connectivity index (χ1v) is 9.93. The van der Waals surface area contributed by atoms with E-state index in [1.54, 1.807) is 54.9 Å². The number of hydrogen-bond donors (Lipinski definition) is 1. The van der Waals surface area contributed by atoms with Crippen molar-refractivity contribution >= 4 is 34.9 Å². The Morgan fingerprint density at radius 2 is 1.84 bits per heavy atom. The average molecular weight is 460 g/mol. The number of hydrogen-bond acceptors (Lipinski definition) is 4. The van der Waals surface area contributed by atoms with Crippen LogP contribution in [0.2, 0.25) is 10.0 Å². The molecule has 4 aromatic rings. The second kappa shape index (κ2) is 9.20. The van der Waals surface area contributed by atoms with Gasteiger partial charge in [-0.2, -0.15) is 10.2 Å². The fourth-order valence-corrected chi connectivity index (χ4v) is 3.20. The molecule has 0 atom stereocenters. The molecular formula is C21H16Cl2FN5O2. The zero-order valence-electron chi connectivity index (χ0n) is 16.0. The highest BCUT2D eigenvalue weighted by Gasteiger charge is 2.13. The zero-order valence-corrected chi connectivity index (χ0v) is 17.5. The molecular weight excluding hydrogens is 444 g/mol. The molecule has 4 rings (SSSR count). The Bertz CT molecular complexity index is 1200. The minimum Gasteiger partial charge on any atom is -0.471 e. The molecule has 0 bridgehead atoms. The third kappa shape index (κ3) is 5.22. The molecule has 2 aromatic carbocycles. The predicted molar refractivity (Wildman–Crippen MR) is 115 cm³/mol. The van der Waals surface area contributed by atoms with Gasteiger partial charge in [-0.15, -0.1) is 0 Å². The lowest BCUT2D eigenvalue weighted by molar-refractivity contribution is 0.101. The van der Waals surface area contributed by atoms with Gasteiger partial charge in [-0.05, 0) is 36.4 Å². The van der Waals surface area contributed by atoms with E-state index in [0.717, 1.165) is 0 Å². The monoisotopic (exact) mass is 459 g/mol. The zero-order chi connectivity index (χ0) is 21.8. The number of carbonyl (C=O) groups is 1. The molecule has 1 amide bonds. The van der Waals surface area contributed by atoms with E-state index in [1.165, 1.54) is 21.5 Å². The molecule has 0 radical (unpaired) electrons. The van der Waals surface area contributed by atoms with Crippen molar-refractivity contribution in [2.45, 2.75) is 13.3 Å². The molecule has 31 heavy (non-hydrogen) atoms. The summed E-state index contributed by atoms with van der Waals surface area (Å²) in [5.74, 6) is 0.0477. The van der Waals surface area contributed by atoms with Crippen LogP contribution in [-0.2, 0) is 13.3 Å². The predicted octanol–water partition coefficient (Wildman–Crippen LogP) is 4.86. The summed E-state index contributed by atoms with van der Waals surface area (Å²) in [6.07, 6.45) is 3.24. The number of aromatic nitrogens is 4. The summed E-state index contributed by atoms with van der Waals surface area (Å²) >= 11 is 12.0. The maximum Gasteiger partial charge on any atom is 0.277 e. The Morgan fingerprint density at radius 1 is 1.03 bits per heavy atom. The van der Waals surface area contributed by atoms with Crippen LogP contribution in [0.15, 0.2) is 67.0 Å². The Kier molecular flexibility index (Phi) is 6.20. The molecule has 0 aliphatic carbocycles. The largest absolute Gasteiger partial charge is 0.471 e. The summed E-state index contributed by atoms with van der Waals surface area (Å²) in [4.78, 5) is 12.4. The molecule has 0 saturated carbocycles. The highest BCUT2D eigenvalue weighted by Crippen LogP contribution is 2.20. The second-order valence-corrected chi connectivity index (χ2v) is 7.37. The number of anilines is 1. The van der Waals surface area contributed by atoms with E-state index in [2.05, 4.69) is 15.5 Å². The molecule has 0 spiro atoms. The van der Waals surface area contributed by atoms with E-state index in [0.29, 0.717) is 27.2 Å². The maximum absolute atomic E-state index is 13.9. The van der Waals surface area contributed by atoms with Crippen LogP contribution in [-0.4, -0.2) is 25.5 Å². The summed E-state index contributed by atoms with van der Waals surface area (Å²) in [6, 6.07) is 14.6. The standard InChI is InChI=1S/C21H16Cl2FN5O2/c22-14-3-1-4-15(11-14)31-13-29-9-7-19(26-29)21(30)25-20-8-10-28(27-20)12-16-17(23)5-2-6-18(16)24/h1-11H,12-13H2,(H,25,27,30). The van der Waals surface area contributed by atoms with Crippen LogP contribution in [0.3, 0.4) is 0 Å². The van der Waals surface area contributed by atoms with Crippen molar-refractivity contribution in [3.63, 3.8) is 0 Å². The van der Waals surface area contributed by atoms with Crippen LogP contribution in [0.1, 0.15) is 16.1 Å². The fraction of sp³-hybridized carbons (Fsp3) is 0.0952. The molecule has 2 aromatic heterocycles. The lowest BCUT2D eigenvalue weighted by Crippen LogP contribution is -2.15. The number of benzene rings is 2. The molecule has 7 nitrogen and oxygen atoms in total. The van der Waals surface area contributed by atoms with Crippen LogP contribution in [0, 0.1) is 5.82 Å². The van der Waals surface area contributed by atoms with Gasteiger partial charge in [0.05, 0.1) is 6.54 Å². The minimum absolute atomic E-state index is 0.117. The molecule has 158 valence electrons. The van der Waals surface area contributed by atoms with Gasteiger partial charge < -0.3 is 10.1 Å². The molecule has 0 aliphatic heterocycles. The summed E-state index contributed by atoms with van der Waals surface area (Å²) in [6.45, 7) is 0.252. The Morgan fingerprint density at radius 3 is 2.65 bits per heavy atom. The van der Waals surface area contributed by atoms with Crippen molar-refractivity contribution in [1.29, 1.82) is 0 Å². The first-order valence-electron chi connectivity index (χ1n) is 9.17. The van der Waals surface area contributed by atoms with E-state index < -0.39 is 11.7 Å². The summed E-state index contributed by atoms with van der Waals surface area (Å²) in [5.41, 5.74) is 0.519. The SMILES string of the molecule is O=C(Nc1ccn(Cc2c(F)cccc2Cl)n1)c1ccn(COc2cccc(Cl)c2)n1. The topological polar surface area (TPSA) is 74.0 Å². The van der Waals surface area contributed by atoms with Crippen LogP contribution in [0.4, 0.5) is 10.2 Å². The van der Waals surface area contributed by atoms with Gasteiger partial charge in [-0.3, -0.25) is 9.48 Å². The molecule has 0 fully saturated rings. The Balaban J connectivity index is 1.36. The fourth-order valence-electron chi connectivity index (χ4n) is 2.79. The van der Waals surface area contributed by atoms with Gasteiger partial charge in [-0.1, -0.05) is 35.3 Å². The lowest BCUT2D eigenvalue weighted by Gasteiger charge is -2.06. The van der Waals surface area contributed by atoms with E-state index in [9.17, 15) is 9.18 Å². The maximum atomic E-state index is 13.9. The molecule has 0 unspecified atom stereocenters. The van der Waals surface area contributed by atoms with Crippen LogP contribution < -0.4 is 10.1 Å². The smallest absolute Gasteiger partial charge is 0.277 e. The van der Waals surface area contributed by atoms with Crippen molar-refractivity contribution in [2.24, 2.45) is 0 Å². The number of halogens is 3. The van der Waals surface area contributed by atoms with E-state index in [4.69, 9.17) is 27.9 Å². The van der Waals surface area contributed by atoms with Gasteiger partial charge in [0, 0.05) is 34.1 Å². The number of nitrogens with one attached hydrogen (secondary N) is 1. The summed E-state index contributed by atoms with van der Waals surface area (Å²) < 4.78 is 22.5. The molecule has 0 aliphatic rings. The summed E-state index contributed by atoms with van der Waals surface area (Å²) in [7, 11) is 0. The third-order valence-electron chi connectivity index (χ3n) is 4.30. The number of amides is 1. The van der Waals surface area contributed by atoms with Crippen LogP contribution in [0.25, 0.3) is 0 Å². The number of ether oxygens (including phenoxy) is 1. The first kappa shape index (κ1) is 20.9. The van der Waals surface area contributed by atoms with Crippen molar-refractivity contribution in [2.75, 3.05) is 5.32 Å². The van der Waals surface area contributed by atoms with Crippen molar-refractivity contribution in [3.8, 4) is 5.75 Å². The van der Waals surface area contributed by atoms with Gasteiger partial charge in [0.25, 0.3) is 5.91 Å². The second-order valence-electron chi connectivity index (χ2n) is 6.52. The minimum atomic E-state index is -0.435. The molecule has 0 saturated heterocycles. The van der Waals surface area contributed by atoms with Crippen molar-refractivity contribution in [3.05, 3.63) is 94.1 Å². The molecule has 1 N–H and O–H groups in total. The van der Waals surface area contributed by atoms with Gasteiger partial charge >= 0.3 is 0 Å². The van der Waals surface area contributed by atoms with E-state index in [1.807, 2.05) is 0 Å². The molecule has 10 heteroatoms. The molecule has 2 heterocycles. The highest BCUT2D eigenvalue weighted by atomic mass is 35.5. The van der Waals surface area contributed by atoms with Gasteiger partial charge in [0.15, 0.2) is 18.2 Å². The first-order chi connectivity index (χ1) is 15.0. The number of rotatable bonds is 7. The normalized spacial score (nSPS) is 10.8. The number of carbonyl (C=O) groups excluding carboxylic acids is 1. The average Bonchev–Trinajstić information content (AvgIpc) is 3.39. The third-order valence-corrected chi connectivity index (χ3v) is 4.89. The Labute approximate surface area is 187 Å². The van der Waals surface area contributed by atoms with Crippen LogP contribution >= 0.6 is 23.2 Å². The highest BCUT2D eigenvalue weighted by molar-refractivity contribution is 6.31. The van der Waals surface area contributed by atoms with Crippen molar-refractivity contribution < 1.29 is 13.9 Å². The van der Waals surface area contributed by atoms with Crippen molar-refractivity contribution in [1.82, 2.24) is 19.6 Å². The summed E-state index contributed by atoms with van der Waals surface area (Å²) in [5, 5.41) is 12.0. The quantitative estimate of drug-likeness (QED) is 0.428. The van der Waals surface area contributed by atoms with Gasteiger partial charge in [0.2, 0.25) is 0 Å². The van der Waals surface area contributed by atoms with E-state index >= 15 is 0 Å². The van der Waals surface area contributed by atoms with E-state index in [-0.39, 0.29) is 19.0 Å². The number of nitrogens with zero attached hydrogens (tertiary/aromatic N) is 4. The lowest BCUT2D eigenvalue weighted by atomic mass is 10.2. The van der Waals surface area contributed by atoms with Gasteiger partial charge in [-0.25, -0.2) is 9.07 Å². The Hall–Kier alpha value is -3.36.